The fourth-order valence-electron chi connectivity index (χ4n) is 2.47. The first kappa shape index (κ1) is 17.3. The number of methoxy groups -OCH3 is 2. The molecule has 0 aliphatic rings. The van der Waals surface area contributed by atoms with E-state index in [9.17, 15) is 0 Å². The van der Waals surface area contributed by atoms with Crippen molar-refractivity contribution >= 4 is 27.5 Å². The van der Waals surface area contributed by atoms with Crippen LogP contribution in [0.25, 0.3) is 0 Å². The van der Waals surface area contributed by atoms with Crippen molar-refractivity contribution < 1.29 is 9.47 Å². The lowest BCUT2D eigenvalue weighted by Gasteiger charge is -2.18. The Hall–Kier alpha value is -2.01. The maximum atomic E-state index is 5.79. The Morgan fingerprint density at radius 3 is 2.35 bits per heavy atom. The highest BCUT2D eigenvalue weighted by molar-refractivity contribution is 9.10. The first-order valence-electron chi connectivity index (χ1n) is 7.28. The van der Waals surface area contributed by atoms with Gasteiger partial charge in [-0.1, -0.05) is 35.0 Å². The van der Waals surface area contributed by atoms with Crippen LogP contribution in [0.15, 0.2) is 45.9 Å². The van der Waals surface area contributed by atoms with E-state index in [0.29, 0.717) is 17.3 Å². The lowest BCUT2D eigenvalue weighted by molar-refractivity contribution is 0.354. The Morgan fingerprint density at radius 1 is 1.13 bits per heavy atom. The van der Waals surface area contributed by atoms with Gasteiger partial charge in [0.2, 0.25) is 0 Å². The molecular weight excluding hydrogens is 356 g/mol. The molecule has 0 radical (unpaired) electrons. The van der Waals surface area contributed by atoms with E-state index in [-0.39, 0.29) is 5.92 Å². The highest BCUT2D eigenvalue weighted by atomic mass is 79.9. The smallest absolute Gasteiger partial charge is 0.162 e. The number of aliphatic imine (C=N–C) groups is 1. The van der Waals surface area contributed by atoms with Crippen LogP contribution in [-0.2, 0) is 0 Å². The Balaban J connectivity index is 2.60. The monoisotopic (exact) mass is 376 g/mol. The predicted octanol–water partition coefficient (Wildman–Crippen LogP) is 4.63. The minimum absolute atomic E-state index is 0.130. The lowest BCUT2D eigenvalue weighted by Crippen LogP contribution is -2.06. The van der Waals surface area contributed by atoms with E-state index in [2.05, 4.69) is 40.0 Å². The van der Waals surface area contributed by atoms with E-state index in [1.165, 1.54) is 5.56 Å². The third-order valence-electron chi connectivity index (χ3n) is 3.64. The minimum atomic E-state index is 0.130. The second-order valence-corrected chi connectivity index (χ2v) is 6.21. The van der Waals surface area contributed by atoms with Crippen molar-refractivity contribution in [3.05, 3.63) is 52.0 Å². The van der Waals surface area contributed by atoms with Crippen LogP contribution in [0.4, 0.5) is 5.69 Å². The first-order valence-corrected chi connectivity index (χ1v) is 8.07. The molecule has 0 spiro atoms. The summed E-state index contributed by atoms with van der Waals surface area (Å²) in [4.78, 5) is 4.46. The molecule has 5 heteroatoms. The largest absolute Gasteiger partial charge is 0.493 e. The Labute approximate surface area is 145 Å². The molecule has 0 aromatic heterocycles. The number of rotatable bonds is 5. The van der Waals surface area contributed by atoms with Gasteiger partial charge in [0.1, 0.15) is 0 Å². The fraction of sp³-hybridized carbons (Fsp3) is 0.278. The summed E-state index contributed by atoms with van der Waals surface area (Å²) in [7, 11) is 3.24. The van der Waals surface area contributed by atoms with E-state index >= 15 is 0 Å². The molecule has 0 aliphatic heterocycles. The van der Waals surface area contributed by atoms with Crippen molar-refractivity contribution in [2.45, 2.75) is 19.8 Å². The van der Waals surface area contributed by atoms with Gasteiger partial charge < -0.3 is 15.2 Å². The molecule has 122 valence electrons. The average molecular weight is 377 g/mol. The van der Waals surface area contributed by atoms with Gasteiger partial charge in [0.25, 0.3) is 0 Å². The quantitative estimate of drug-likeness (QED) is 0.611. The molecule has 2 aromatic carbocycles. The minimum Gasteiger partial charge on any atom is -0.493 e. The number of nitrogens with zero attached hydrogens (tertiary/aromatic N) is 1. The molecule has 0 bridgehead atoms. The molecule has 1 unspecified atom stereocenters. The predicted molar refractivity (Wildman–Crippen MR) is 98.2 cm³/mol. The van der Waals surface area contributed by atoms with Crippen molar-refractivity contribution in [1.29, 1.82) is 0 Å². The molecule has 23 heavy (non-hydrogen) atoms. The molecule has 2 aromatic rings. The zero-order chi connectivity index (χ0) is 17.0. The van der Waals surface area contributed by atoms with Gasteiger partial charge >= 0.3 is 0 Å². The summed E-state index contributed by atoms with van der Waals surface area (Å²) in [5.74, 6) is 1.95. The average Bonchev–Trinajstić information content (AvgIpc) is 2.53. The summed E-state index contributed by atoms with van der Waals surface area (Å²) in [5, 5.41) is 0. The van der Waals surface area contributed by atoms with E-state index in [0.717, 1.165) is 15.7 Å². The highest BCUT2D eigenvalue weighted by Crippen LogP contribution is 2.40. The molecule has 1 atom stereocenters. The van der Waals surface area contributed by atoms with Crippen LogP contribution in [0.5, 0.6) is 11.5 Å². The van der Waals surface area contributed by atoms with E-state index in [1.807, 2.05) is 24.3 Å². The molecule has 0 fully saturated rings. The second kappa shape index (κ2) is 7.51. The third kappa shape index (κ3) is 4.05. The Kier molecular flexibility index (Phi) is 5.66. The van der Waals surface area contributed by atoms with Crippen LogP contribution in [0.3, 0.4) is 0 Å². The molecule has 0 aliphatic carbocycles. The Bertz CT molecular complexity index is 725. The van der Waals surface area contributed by atoms with Crippen LogP contribution in [0.2, 0.25) is 0 Å². The number of hydrogen-bond acceptors (Lipinski definition) is 3. The molecular formula is C18H21BrN2O2. The van der Waals surface area contributed by atoms with Crippen LogP contribution in [0.1, 0.15) is 30.9 Å². The van der Waals surface area contributed by atoms with Gasteiger partial charge in [0.05, 0.1) is 25.7 Å². The number of halogens is 1. The van der Waals surface area contributed by atoms with Crippen molar-refractivity contribution in [1.82, 2.24) is 0 Å². The number of hydrogen-bond donors (Lipinski definition) is 1. The van der Waals surface area contributed by atoms with Crippen molar-refractivity contribution in [2.75, 3.05) is 14.2 Å². The van der Waals surface area contributed by atoms with Crippen LogP contribution < -0.4 is 15.2 Å². The number of amidine groups is 1. The van der Waals surface area contributed by atoms with Crippen LogP contribution in [0, 0.1) is 0 Å². The number of nitrogens with two attached hydrogens (primary N) is 1. The van der Waals surface area contributed by atoms with Gasteiger partial charge in [-0.2, -0.15) is 0 Å². The Morgan fingerprint density at radius 2 is 1.78 bits per heavy atom. The summed E-state index contributed by atoms with van der Waals surface area (Å²) >= 11 is 3.52. The van der Waals surface area contributed by atoms with Crippen molar-refractivity contribution in [2.24, 2.45) is 10.7 Å². The van der Waals surface area contributed by atoms with Crippen LogP contribution in [-0.4, -0.2) is 20.1 Å². The molecule has 2 N–H and O–H groups in total. The van der Waals surface area contributed by atoms with Gasteiger partial charge in [-0.15, -0.1) is 0 Å². The van der Waals surface area contributed by atoms with Gasteiger partial charge in [-0.3, -0.25) is 0 Å². The summed E-state index contributed by atoms with van der Waals surface area (Å²) in [6.45, 7) is 3.90. The zero-order valence-corrected chi connectivity index (χ0v) is 15.3. The molecule has 0 saturated heterocycles. The first-order chi connectivity index (χ1) is 11.0. The number of ether oxygens (including phenoxy) is 2. The molecule has 0 amide bonds. The topological polar surface area (TPSA) is 56.8 Å². The molecule has 4 nitrogen and oxygen atoms in total. The standard InChI is InChI=1S/C18H21BrN2O2/c1-11(13-6-5-7-14(19)8-13)15-9-17(22-3)18(23-4)10-16(15)21-12(2)20/h5-11H,1-4H3,(H2,20,21). The van der Waals surface area contributed by atoms with Crippen molar-refractivity contribution in [3.63, 3.8) is 0 Å². The molecule has 2 rings (SSSR count). The fourth-order valence-corrected chi connectivity index (χ4v) is 2.89. The van der Waals surface area contributed by atoms with E-state index in [1.54, 1.807) is 21.1 Å². The van der Waals surface area contributed by atoms with Gasteiger partial charge in [0, 0.05) is 16.5 Å². The zero-order valence-electron chi connectivity index (χ0n) is 13.8. The summed E-state index contributed by atoms with van der Waals surface area (Å²) < 4.78 is 11.9. The van der Waals surface area contributed by atoms with E-state index in [4.69, 9.17) is 15.2 Å². The van der Waals surface area contributed by atoms with Gasteiger partial charge in [-0.05, 0) is 36.2 Å². The maximum Gasteiger partial charge on any atom is 0.162 e. The second-order valence-electron chi connectivity index (χ2n) is 5.30. The third-order valence-corrected chi connectivity index (χ3v) is 4.14. The SMILES string of the molecule is COc1cc(N=C(C)N)c(C(C)c2cccc(Br)c2)cc1OC. The summed E-state index contributed by atoms with van der Waals surface area (Å²) in [6, 6.07) is 12.0. The molecule has 0 heterocycles. The summed E-state index contributed by atoms with van der Waals surface area (Å²) in [6.07, 6.45) is 0. The number of benzene rings is 2. The summed E-state index contributed by atoms with van der Waals surface area (Å²) in [5.41, 5.74) is 8.79. The van der Waals surface area contributed by atoms with Gasteiger partial charge in [-0.25, -0.2) is 4.99 Å². The van der Waals surface area contributed by atoms with Gasteiger partial charge in [0.15, 0.2) is 11.5 Å². The van der Waals surface area contributed by atoms with E-state index < -0.39 is 0 Å². The lowest BCUT2D eigenvalue weighted by atomic mass is 9.91. The maximum absolute atomic E-state index is 5.79. The van der Waals surface area contributed by atoms with Crippen LogP contribution >= 0.6 is 15.9 Å². The molecule has 0 saturated carbocycles. The normalized spacial score (nSPS) is 12.8. The van der Waals surface area contributed by atoms with Crippen molar-refractivity contribution in [3.8, 4) is 11.5 Å². The highest BCUT2D eigenvalue weighted by Gasteiger charge is 2.17.